The van der Waals surface area contributed by atoms with E-state index in [1.807, 2.05) is 32.0 Å². The van der Waals surface area contributed by atoms with Crippen LogP contribution in [0, 0.1) is 25.5 Å². The Morgan fingerprint density at radius 2 is 1.79 bits per heavy atom. The van der Waals surface area contributed by atoms with Gasteiger partial charge in [0.2, 0.25) is 0 Å². The third kappa shape index (κ3) is 3.18. The standard InChI is InChI=1S/C16H17F2N/c1-10-3-5-14(11(2)7-10)16(19)9-12-8-13(17)4-6-15(12)18/h3-8,16H,9,19H2,1-2H3. The van der Waals surface area contributed by atoms with Crippen molar-refractivity contribution in [2.24, 2.45) is 5.73 Å². The fourth-order valence-corrected chi connectivity index (χ4v) is 2.29. The van der Waals surface area contributed by atoms with Crippen molar-refractivity contribution in [3.05, 3.63) is 70.3 Å². The van der Waals surface area contributed by atoms with Crippen molar-refractivity contribution >= 4 is 0 Å². The van der Waals surface area contributed by atoms with E-state index in [0.717, 1.165) is 28.8 Å². The van der Waals surface area contributed by atoms with Gasteiger partial charge in [0.15, 0.2) is 0 Å². The van der Waals surface area contributed by atoms with Gasteiger partial charge >= 0.3 is 0 Å². The quantitative estimate of drug-likeness (QED) is 0.893. The second kappa shape index (κ2) is 5.49. The van der Waals surface area contributed by atoms with E-state index in [-0.39, 0.29) is 12.5 Å². The Morgan fingerprint density at radius 3 is 2.47 bits per heavy atom. The zero-order valence-electron chi connectivity index (χ0n) is 11.1. The summed E-state index contributed by atoms with van der Waals surface area (Å²) in [6.45, 7) is 3.98. The van der Waals surface area contributed by atoms with Crippen LogP contribution in [0.25, 0.3) is 0 Å². The van der Waals surface area contributed by atoms with Gasteiger partial charge in [-0.15, -0.1) is 0 Å². The first-order valence-electron chi connectivity index (χ1n) is 6.24. The van der Waals surface area contributed by atoms with Crippen LogP contribution in [-0.2, 0) is 6.42 Å². The molecular formula is C16H17F2N. The molecule has 3 heteroatoms. The van der Waals surface area contributed by atoms with Gasteiger partial charge in [0.1, 0.15) is 11.6 Å². The minimum absolute atomic E-state index is 0.285. The molecule has 0 bridgehead atoms. The van der Waals surface area contributed by atoms with Crippen LogP contribution in [0.2, 0.25) is 0 Å². The summed E-state index contributed by atoms with van der Waals surface area (Å²) < 4.78 is 26.7. The van der Waals surface area contributed by atoms with E-state index in [4.69, 9.17) is 5.73 Å². The Bertz CT molecular complexity index is 593. The van der Waals surface area contributed by atoms with E-state index >= 15 is 0 Å². The van der Waals surface area contributed by atoms with Gasteiger partial charge in [-0.05, 0) is 55.2 Å². The molecule has 2 rings (SSSR count). The lowest BCUT2D eigenvalue weighted by molar-refractivity contribution is 0.572. The van der Waals surface area contributed by atoms with Gasteiger partial charge in [-0.3, -0.25) is 0 Å². The van der Waals surface area contributed by atoms with Crippen LogP contribution in [0.4, 0.5) is 8.78 Å². The van der Waals surface area contributed by atoms with E-state index in [1.165, 1.54) is 6.07 Å². The molecular weight excluding hydrogens is 244 g/mol. The topological polar surface area (TPSA) is 26.0 Å². The van der Waals surface area contributed by atoms with Gasteiger partial charge in [-0.2, -0.15) is 0 Å². The van der Waals surface area contributed by atoms with Gasteiger partial charge in [-0.25, -0.2) is 8.78 Å². The molecule has 100 valence electrons. The molecule has 0 spiro atoms. The molecule has 0 radical (unpaired) electrons. The first-order valence-corrected chi connectivity index (χ1v) is 6.24. The molecule has 2 N–H and O–H groups in total. The second-order valence-electron chi connectivity index (χ2n) is 4.91. The van der Waals surface area contributed by atoms with E-state index in [9.17, 15) is 8.78 Å². The molecule has 0 aliphatic rings. The molecule has 1 nitrogen and oxygen atoms in total. The van der Waals surface area contributed by atoms with Crippen molar-refractivity contribution < 1.29 is 8.78 Å². The van der Waals surface area contributed by atoms with Crippen LogP contribution in [0.3, 0.4) is 0 Å². The highest BCUT2D eigenvalue weighted by Crippen LogP contribution is 2.22. The number of halogens is 2. The molecule has 0 aliphatic heterocycles. The SMILES string of the molecule is Cc1ccc(C(N)Cc2cc(F)ccc2F)c(C)c1. The highest BCUT2D eigenvalue weighted by molar-refractivity contribution is 5.34. The monoisotopic (exact) mass is 261 g/mol. The first-order chi connectivity index (χ1) is 8.97. The van der Waals surface area contributed by atoms with Gasteiger partial charge < -0.3 is 5.73 Å². The Labute approximate surface area is 112 Å². The fourth-order valence-electron chi connectivity index (χ4n) is 2.29. The fraction of sp³-hybridized carbons (Fsp3) is 0.250. The summed E-state index contributed by atoms with van der Waals surface area (Å²) in [6.07, 6.45) is 0.285. The number of hydrogen-bond acceptors (Lipinski definition) is 1. The Kier molecular flexibility index (Phi) is 3.96. The van der Waals surface area contributed by atoms with Crippen molar-refractivity contribution in [2.75, 3.05) is 0 Å². The average molecular weight is 261 g/mol. The number of rotatable bonds is 3. The van der Waals surface area contributed by atoms with E-state index in [0.29, 0.717) is 5.56 Å². The molecule has 1 atom stereocenters. The van der Waals surface area contributed by atoms with Gasteiger partial charge in [0.05, 0.1) is 0 Å². The summed E-state index contributed by atoms with van der Waals surface area (Å²) in [7, 11) is 0. The highest BCUT2D eigenvalue weighted by atomic mass is 19.1. The zero-order chi connectivity index (χ0) is 14.0. The molecule has 0 amide bonds. The third-order valence-electron chi connectivity index (χ3n) is 3.27. The lowest BCUT2D eigenvalue weighted by atomic mass is 9.95. The van der Waals surface area contributed by atoms with Crippen LogP contribution >= 0.6 is 0 Å². The maximum atomic E-state index is 13.6. The number of benzene rings is 2. The van der Waals surface area contributed by atoms with Crippen molar-refractivity contribution in [1.29, 1.82) is 0 Å². The third-order valence-corrected chi connectivity index (χ3v) is 3.27. The molecule has 0 fully saturated rings. The molecule has 0 saturated carbocycles. The summed E-state index contributed by atoms with van der Waals surface area (Å²) in [4.78, 5) is 0. The minimum Gasteiger partial charge on any atom is -0.324 e. The summed E-state index contributed by atoms with van der Waals surface area (Å²) >= 11 is 0. The molecule has 2 aromatic carbocycles. The molecule has 1 unspecified atom stereocenters. The van der Waals surface area contributed by atoms with E-state index in [1.54, 1.807) is 0 Å². The van der Waals surface area contributed by atoms with Crippen LogP contribution in [0.5, 0.6) is 0 Å². The van der Waals surface area contributed by atoms with Crippen molar-refractivity contribution in [3.8, 4) is 0 Å². The van der Waals surface area contributed by atoms with Gasteiger partial charge in [0.25, 0.3) is 0 Å². The lowest BCUT2D eigenvalue weighted by Gasteiger charge is -2.16. The second-order valence-corrected chi connectivity index (χ2v) is 4.91. The summed E-state index contributed by atoms with van der Waals surface area (Å²) in [5.74, 6) is -0.856. The van der Waals surface area contributed by atoms with Gasteiger partial charge in [-0.1, -0.05) is 23.8 Å². The molecule has 19 heavy (non-hydrogen) atoms. The maximum Gasteiger partial charge on any atom is 0.126 e. The van der Waals surface area contributed by atoms with Crippen LogP contribution in [0.15, 0.2) is 36.4 Å². The predicted octanol–water partition coefficient (Wildman–Crippen LogP) is 3.82. The van der Waals surface area contributed by atoms with Crippen molar-refractivity contribution in [2.45, 2.75) is 26.3 Å². The summed E-state index contributed by atoms with van der Waals surface area (Å²) in [5.41, 5.74) is 9.62. The summed E-state index contributed by atoms with van der Waals surface area (Å²) in [5, 5.41) is 0. The molecule has 2 aromatic rings. The van der Waals surface area contributed by atoms with Crippen LogP contribution < -0.4 is 5.73 Å². The largest absolute Gasteiger partial charge is 0.324 e. The Balaban J connectivity index is 2.25. The summed E-state index contributed by atoms with van der Waals surface area (Å²) in [6, 6.07) is 9.09. The van der Waals surface area contributed by atoms with Crippen LogP contribution in [0.1, 0.15) is 28.3 Å². The Morgan fingerprint density at radius 1 is 1.05 bits per heavy atom. The molecule has 0 aliphatic carbocycles. The molecule has 0 heterocycles. The molecule has 0 aromatic heterocycles. The number of aryl methyl sites for hydroxylation is 2. The number of hydrogen-bond donors (Lipinski definition) is 1. The van der Waals surface area contributed by atoms with Gasteiger partial charge in [0, 0.05) is 6.04 Å². The smallest absolute Gasteiger partial charge is 0.126 e. The average Bonchev–Trinajstić information content (AvgIpc) is 2.33. The zero-order valence-corrected chi connectivity index (χ0v) is 11.1. The molecule has 0 saturated heterocycles. The predicted molar refractivity (Wildman–Crippen MR) is 72.9 cm³/mol. The Hall–Kier alpha value is -1.74. The van der Waals surface area contributed by atoms with Crippen LogP contribution in [-0.4, -0.2) is 0 Å². The van der Waals surface area contributed by atoms with Crippen molar-refractivity contribution in [3.63, 3.8) is 0 Å². The number of nitrogens with two attached hydrogens (primary N) is 1. The van der Waals surface area contributed by atoms with Crippen molar-refractivity contribution in [1.82, 2.24) is 0 Å². The minimum atomic E-state index is -0.441. The first kappa shape index (κ1) is 13.7. The highest BCUT2D eigenvalue weighted by Gasteiger charge is 2.13. The van der Waals surface area contributed by atoms with E-state index in [2.05, 4.69) is 0 Å². The van der Waals surface area contributed by atoms with E-state index < -0.39 is 11.6 Å². The normalized spacial score (nSPS) is 12.5. The lowest BCUT2D eigenvalue weighted by Crippen LogP contribution is -2.15. The maximum absolute atomic E-state index is 13.6.